The predicted molar refractivity (Wildman–Crippen MR) is 104 cm³/mol. The number of benzene rings is 1. The number of hydrogen-bond acceptors (Lipinski definition) is 4. The van der Waals surface area contributed by atoms with Crippen LogP contribution in [0.5, 0.6) is 0 Å². The van der Waals surface area contributed by atoms with Crippen LogP contribution in [0.3, 0.4) is 0 Å². The second-order valence-electron chi connectivity index (χ2n) is 7.23. The topological polar surface area (TPSA) is 74.8 Å². The lowest BCUT2D eigenvalue weighted by Gasteiger charge is -2.35. The number of carbonyl (C=O) groups is 2. The summed E-state index contributed by atoms with van der Waals surface area (Å²) in [5, 5.41) is 0. The van der Waals surface area contributed by atoms with Crippen LogP contribution >= 0.6 is 0 Å². The fraction of sp³-hybridized carbons (Fsp3) is 0.500. The molecule has 1 aromatic carbocycles. The third kappa shape index (κ3) is 4.24. The van der Waals surface area contributed by atoms with Gasteiger partial charge in [0.2, 0.25) is 11.8 Å². The van der Waals surface area contributed by atoms with Crippen molar-refractivity contribution in [3.05, 3.63) is 41.6 Å². The summed E-state index contributed by atoms with van der Waals surface area (Å²) in [4.78, 5) is 28.6. The molecule has 0 spiro atoms. The number of nitrogens with zero attached hydrogens (tertiary/aromatic N) is 2. The van der Waals surface area contributed by atoms with Crippen molar-refractivity contribution in [1.82, 2.24) is 9.80 Å². The molecule has 7 heteroatoms. The third-order valence-electron chi connectivity index (χ3n) is 5.27. The minimum absolute atomic E-state index is 0.0380. The zero-order chi connectivity index (χ0) is 19.6. The van der Waals surface area contributed by atoms with Crippen LogP contribution in [-0.2, 0) is 19.4 Å². The van der Waals surface area contributed by atoms with Gasteiger partial charge < -0.3 is 9.80 Å². The number of fused-ring (bicyclic) bond motifs is 1. The zero-order valence-corrected chi connectivity index (χ0v) is 16.6. The maximum Gasteiger partial charge on any atom is 0.225 e. The average Bonchev–Trinajstić information content (AvgIpc) is 2.99. The molecule has 0 aliphatic carbocycles. The maximum atomic E-state index is 13.1. The molecule has 0 radical (unpaired) electrons. The van der Waals surface area contributed by atoms with E-state index in [0.717, 1.165) is 17.5 Å². The summed E-state index contributed by atoms with van der Waals surface area (Å²) in [6.07, 6.45) is 5.01. The highest BCUT2D eigenvalue weighted by Gasteiger charge is 2.36. The molecular formula is C20H26N2O4S. The minimum atomic E-state index is -3.07. The fourth-order valence-electron chi connectivity index (χ4n) is 3.97. The lowest BCUT2D eigenvalue weighted by molar-refractivity contribution is -0.136. The van der Waals surface area contributed by atoms with E-state index in [1.54, 1.807) is 16.0 Å². The standard InChI is InChI=1S/C20H26N2O4S/c1-3-10-22(17-9-12-27(25,26)14-17)20(24)13-19-18-7-5-4-6-16(18)8-11-21(19)15(2)23/h4-8,11,17,19H,3,9-10,12-14H2,1-2H3. The smallest absolute Gasteiger partial charge is 0.225 e. The molecule has 1 saturated heterocycles. The highest BCUT2D eigenvalue weighted by Crippen LogP contribution is 2.34. The van der Waals surface area contributed by atoms with Gasteiger partial charge in [0.25, 0.3) is 0 Å². The highest BCUT2D eigenvalue weighted by atomic mass is 32.2. The molecule has 2 amide bonds. The first-order valence-corrected chi connectivity index (χ1v) is 11.2. The summed E-state index contributed by atoms with van der Waals surface area (Å²) in [6.45, 7) is 4.00. The molecule has 0 N–H and O–H groups in total. The van der Waals surface area contributed by atoms with Gasteiger partial charge in [-0.1, -0.05) is 31.2 Å². The van der Waals surface area contributed by atoms with Crippen molar-refractivity contribution >= 4 is 27.7 Å². The summed E-state index contributed by atoms with van der Waals surface area (Å²) in [5.41, 5.74) is 1.94. The van der Waals surface area contributed by atoms with Crippen LogP contribution < -0.4 is 0 Å². The van der Waals surface area contributed by atoms with E-state index in [-0.39, 0.29) is 41.8 Å². The molecule has 1 aromatic rings. The van der Waals surface area contributed by atoms with Crippen LogP contribution in [0.4, 0.5) is 0 Å². The second kappa shape index (κ2) is 7.84. The lowest BCUT2D eigenvalue weighted by atomic mass is 9.93. The number of hydrogen-bond donors (Lipinski definition) is 0. The van der Waals surface area contributed by atoms with Crippen molar-refractivity contribution in [2.75, 3.05) is 18.1 Å². The second-order valence-corrected chi connectivity index (χ2v) is 9.46. The summed E-state index contributed by atoms with van der Waals surface area (Å²) < 4.78 is 23.7. The molecule has 0 saturated carbocycles. The van der Waals surface area contributed by atoms with Gasteiger partial charge in [-0.25, -0.2) is 8.42 Å². The van der Waals surface area contributed by atoms with Crippen LogP contribution in [0.1, 0.15) is 50.3 Å². The quantitative estimate of drug-likeness (QED) is 0.774. The third-order valence-corrected chi connectivity index (χ3v) is 7.02. The van der Waals surface area contributed by atoms with E-state index in [9.17, 15) is 18.0 Å². The molecule has 1 fully saturated rings. The molecule has 2 heterocycles. The molecule has 2 aliphatic heterocycles. The van der Waals surface area contributed by atoms with Crippen molar-refractivity contribution in [3.63, 3.8) is 0 Å². The Labute approximate surface area is 160 Å². The summed E-state index contributed by atoms with van der Waals surface area (Å²) in [6, 6.07) is 7.11. The van der Waals surface area contributed by atoms with Crippen molar-refractivity contribution in [3.8, 4) is 0 Å². The molecule has 6 nitrogen and oxygen atoms in total. The van der Waals surface area contributed by atoms with Crippen LogP contribution in [0.15, 0.2) is 30.5 Å². The average molecular weight is 391 g/mol. The summed E-state index contributed by atoms with van der Waals surface area (Å²) >= 11 is 0. The Kier molecular flexibility index (Phi) is 5.69. The molecule has 27 heavy (non-hydrogen) atoms. The van der Waals surface area contributed by atoms with Gasteiger partial charge in [-0.3, -0.25) is 9.59 Å². The van der Waals surface area contributed by atoms with Crippen molar-refractivity contribution in [1.29, 1.82) is 0 Å². The van der Waals surface area contributed by atoms with Crippen molar-refractivity contribution in [2.45, 2.75) is 45.2 Å². The normalized spacial score (nSPS) is 23.1. The molecule has 146 valence electrons. The largest absolute Gasteiger partial charge is 0.339 e. The Morgan fingerprint density at radius 2 is 2.00 bits per heavy atom. The SMILES string of the molecule is CCCN(C(=O)CC1c2ccccc2C=CN1C(C)=O)C1CCS(=O)(=O)C1. The van der Waals surface area contributed by atoms with E-state index in [4.69, 9.17) is 0 Å². The van der Waals surface area contributed by atoms with Gasteiger partial charge in [-0.05, 0) is 30.0 Å². The Bertz CT molecular complexity index is 862. The van der Waals surface area contributed by atoms with Crippen LogP contribution in [0, 0.1) is 0 Å². The number of sulfone groups is 1. The summed E-state index contributed by atoms with van der Waals surface area (Å²) in [5.74, 6) is -0.0416. The fourth-order valence-corrected chi connectivity index (χ4v) is 5.70. The van der Waals surface area contributed by atoms with E-state index in [1.165, 1.54) is 6.92 Å². The lowest BCUT2D eigenvalue weighted by Crippen LogP contribution is -2.43. The monoisotopic (exact) mass is 390 g/mol. The molecular weight excluding hydrogens is 364 g/mol. The van der Waals surface area contributed by atoms with Gasteiger partial charge in [-0.15, -0.1) is 0 Å². The van der Waals surface area contributed by atoms with Gasteiger partial charge in [0, 0.05) is 25.7 Å². The Hall–Kier alpha value is -2.15. The van der Waals surface area contributed by atoms with E-state index in [1.807, 2.05) is 37.3 Å². The Morgan fingerprint density at radius 3 is 2.63 bits per heavy atom. The van der Waals surface area contributed by atoms with E-state index >= 15 is 0 Å². The van der Waals surface area contributed by atoms with Gasteiger partial charge in [0.05, 0.1) is 24.0 Å². The van der Waals surface area contributed by atoms with E-state index in [0.29, 0.717) is 13.0 Å². The number of carbonyl (C=O) groups excluding carboxylic acids is 2. The highest BCUT2D eigenvalue weighted by molar-refractivity contribution is 7.91. The first-order chi connectivity index (χ1) is 12.8. The van der Waals surface area contributed by atoms with Crippen LogP contribution in [0.25, 0.3) is 6.08 Å². The maximum absolute atomic E-state index is 13.1. The minimum Gasteiger partial charge on any atom is -0.339 e. The van der Waals surface area contributed by atoms with Crippen LogP contribution in [-0.4, -0.2) is 54.1 Å². The zero-order valence-electron chi connectivity index (χ0n) is 15.8. The van der Waals surface area contributed by atoms with Crippen LogP contribution in [0.2, 0.25) is 0 Å². The number of amides is 2. The number of rotatable bonds is 5. The van der Waals surface area contributed by atoms with Gasteiger partial charge in [0.15, 0.2) is 9.84 Å². The molecule has 2 atom stereocenters. The molecule has 2 unspecified atom stereocenters. The van der Waals surface area contributed by atoms with Gasteiger partial charge in [0.1, 0.15) is 0 Å². The van der Waals surface area contributed by atoms with Gasteiger partial charge >= 0.3 is 0 Å². The van der Waals surface area contributed by atoms with E-state index < -0.39 is 9.84 Å². The van der Waals surface area contributed by atoms with E-state index in [2.05, 4.69) is 0 Å². The van der Waals surface area contributed by atoms with Crippen molar-refractivity contribution in [2.24, 2.45) is 0 Å². The predicted octanol–water partition coefficient (Wildman–Crippen LogP) is 2.38. The Morgan fingerprint density at radius 1 is 1.26 bits per heavy atom. The van der Waals surface area contributed by atoms with Crippen molar-refractivity contribution < 1.29 is 18.0 Å². The van der Waals surface area contributed by atoms with Gasteiger partial charge in [-0.2, -0.15) is 0 Å². The molecule has 0 aromatic heterocycles. The molecule has 2 aliphatic rings. The summed E-state index contributed by atoms with van der Waals surface area (Å²) in [7, 11) is -3.07. The molecule has 0 bridgehead atoms. The Balaban J connectivity index is 1.85. The first-order valence-electron chi connectivity index (χ1n) is 9.38. The molecule has 3 rings (SSSR count). The first kappa shape index (κ1) is 19.6.